The second kappa shape index (κ2) is 9.50. The standard InChI is InChI=1S/C19H32O7Si/c1-8-24-17(21)19(18(22)25-9-2,11-13(3)12-27(5,6)7)14-10-15(20)26-16(14)23-4/h14,16H,3,8-12H2,1-2,4-7H3/t14-,16-/m1/s1. The fraction of sp³-hybridized carbons (Fsp3) is 0.737. The van der Waals surface area contributed by atoms with Gasteiger partial charge in [-0.2, -0.15) is 0 Å². The van der Waals surface area contributed by atoms with Crippen LogP contribution >= 0.6 is 0 Å². The van der Waals surface area contributed by atoms with E-state index in [-0.39, 0.29) is 26.1 Å². The van der Waals surface area contributed by atoms with Gasteiger partial charge >= 0.3 is 17.9 Å². The molecule has 0 spiro atoms. The first kappa shape index (κ1) is 23.4. The second-order valence-corrected chi connectivity index (χ2v) is 13.5. The number of carbonyl (C=O) groups excluding carboxylic acids is 3. The Bertz CT molecular complexity index is 561. The third-order valence-corrected chi connectivity index (χ3v) is 5.98. The zero-order valence-electron chi connectivity index (χ0n) is 17.3. The van der Waals surface area contributed by atoms with Crippen LogP contribution in [0, 0.1) is 11.3 Å². The number of hydrogen-bond donors (Lipinski definition) is 0. The molecule has 0 N–H and O–H groups in total. The minimum absolute atomic E-state index is 0.0378. The van der Waals surface area contributed by atoms with Gasteiger partial charge in [0, 0.05) is 15.2 Å². The van der Waals surface area contributed by atoms with Gasteiger partial charge in [-0.3, -0.25) is 14.4 Å². The van der Waals surface area contributed by atoms with Crippen molar-refractivity contribution in [3.05, 3.63) is 12.2 Å². The van der Waals surface area contributed by atoms with Crippen molar-refractivity contribution in [2.45, 2.75) is 58.7 Å². The highest BCUT2D eigenvalue weighted by Gasteiger charge is 2.61. The predicted octanol–water partition coefficient (Wildman–Crippen LogP) is 2.92. The molecule has 1 fully saturated rings. The molecule has 1 heterocycles. The largest absolute Gasteiger partial charge is 0.465 e. The summed E-state index contributed by atoms with van der Waals surface area (Å²) in [5.74, 6) is -2.83. The third kappa shape index (κ3) is 5.65. The molecule has 0 aromatic heterocycles. The van der Waals surface area contributed by atoms with E-state index in [1.165, 1.54) is 7.11 Å². The molecule has 0 radical (unpaired) electrons. The van der Waals surface area contributed by atoms with Gasteiger partial charge in [0.1, 0.15) is 0 Å². The third-order valence-electron chi connectivity index (χ3n) is 4.42. The van der Waals surface area contributed by atoms with E-state index in [9.17, 15) is 14.4 Å². The number of rotatable bonds is 10. The molecule has 0 aliphatic carbocycles. The quantitative estimate of drug-likeness (QED) is 0.183. The molecule has 2 atom stereocenters. The lowest BCUT2D eigenvalue weighted by Crippen LogP contribution is -2.51. The first-order valence-corrected chi connectivity index (χ1v) is 13.0. The summed E-state index contributed by atoms with van der Waals surface area (Å²) in [6, 6.07) is 0.729. The molecular weight excluding hydrogens is 368 g/mol. The van der Waals surface area contributed by atoms with Crippen LogP contribution in [-0.4, -0.2) is 52.6 Å². The number of ether oxygens (including phenoxy) is 4. The SMILES string of the molecule is C=C(CC(C(=O)OCC)(C(=O)OCC)[C@@H]1CC(=O)O[C@H]1OC)C[Si](C)(C)C. The van der Waals surface area contributed by atoms with Crippen LogP contribution in [0.5, 0.6) is 0 Å². The topological polar surface area (TPSA) is 88.1 Å². The highest BCUT2D eigenvalue weighted by atomic mass is 28.3. The van der Waals surface area contributed by atoms with E-state index in [2.05, 4.69) is 26.2 Å². The molecule has 7 nitrogen and oxygen atoms in total. The van der Waals surface area contributed by atoms with Crippen LogP contribution in [0.4, 0.5) is 0 Å². The zero-order valence-corrected chi connectivity index (χ0v) is 18.3. The number of allylic oxidation sites excluding steroid dienone is 1. The maximum absolute atomic E-state index is 13.1. The van der Waals surface area contributed by atoms with Gasteiger partial charge in [0.05, 0.1) is 25.6 Å². The van der Waals surface area contributed by atoms with Crippen LogP contribution in [0.25, 0.3) is 0 Å². The highest BCUT2D eigenvalue weighted by molar-refractivity contribution is 6.76. The normalized spacial score (nSPS) is 20.1. The summed E-state index contributed by atoms with van der Waals surface area (Å²) in [5.41, 5.74) is -0.972. The van der Waals surface area contributed by atoms with Crippen LogP contribution < -0.4 is 0 Å². The Labute approximate surface area is 162 Å². The summed E-state index contributed by atoms with van der Waals surface area (Å²) in [6.07, 6.45) is -1.11. The molecular formula is C19H32O7Si. The highest BCUT2D eigenvalue weighted by Crippen LogP contribution is 2.46. The predicted molar refractivity (Wildman–Crippen MR) is 103 cm³/mol. The lowest BCUT2D eigenvalue weighted by atomic mass is 9.70. The van der Waals surface area contributed by atoms with Gasteiger partial charge in [-0.1, -0.05) is 25.2 Å². The van der Waals surface area contributed by atoms with Gasteiger partial charge in [0.25, 0.3) is 0 Å². The van der Waals surface area contributed by atoms with Crippen LogP contribution in [0.15, 0.2) is 12.2 Å². The molecule has 1 aliphatic heterocycles. The zero-order chi connectivity index (χ0) is 20.8. The Kier molecular flexibility index (Phi) is 8.22. The van der Waals surface area contributed by atoms with Crippen LogP contribution in [-0.2, 0) is 33.3 Å². The van der Waals surface area contributed by atoms with Crippen molar-refractivity contribution < 1.29 is 33.3 Å². The van der Waals surface area contributed by atoms with Crippen molar-refractivity contribution in [2.24, 2.45) is 11.3 Å². The maximum Gasteiger partial charge on any atom is 0.324 e. The Balaban J connectivity index is 3.44. The second-order valence-electron chi connectivity index (χ2n) is 7.98. The summed E-state index contributed by atoms with van der Waals surface area (Å²) in [7, 11) is -0.169. The fourth-order valence-corrected chi connectivity index (χ4v) is 5.17. The van der Waals surface area contributed by atoms with E-state index in [1.54, 1.807) is 13.8 Å². The van der Waals surface area contributed by atoms with E-state index in [0.717, 1.165) is 11.6 Å². The van der Waals surface area contributed by atoms with Crippen LogP contribution in [0.2, 0.25) is 25.7 Å². The van der Waals surface area contributed by atoms with Gasteiger partial charge in [0.15, 0.2) is 5.41 Å². The van der Waals surface area contributed by atoms with E-state index >= 15 is 0 Å². The monoisotopic (exact) mass is 400 g/mol. The summed E-state index contributed by atoms with van der Waals surface area (Å²) in [5, 5.41) is 0. The Morgan fingerprint density at radius 2 is 1.70 bits per heavy atom. The molecule has 0 saturated carbocycles. The average molecular weight is 401 g/mol. The van der Waals surface area contributed by atoms with Crippen molar-refractivity contribution in [3.8, 4) is 0 Å². The number of esters is 3. The molecule has 0 aromatic carbocycles. The molecule has 1 saturated heterocycles. The number of methoxy groups -OCH3 is 1. The van der Waals surface area contributed by atoms with Crippen molar-refractivity contribution in [1.29, 1.82) is 0 Å². The first-order chi connectivity index (χ1) is 12.5. The molecule has 0 aromatic rings. The maximum atomic E-state index is 13.1. The Morgan fingerprint density at radius 1 is 1.19 bits per heavy atom. The van der Waals surface area contributed by atoms with Gasteiger partial charge in [-0.25, -0.2) is 0 Å². The molecule has 27 heavy (non-hydrogen) atoms. The first-order valence-electron chi connectivity index (χ1n) is 9.25. The van der Waals surface area contributed by atoms with E-state index in [1.807, 2.05) is 0 Å². The number of carbonyl (C=O) groups is 3. The fourth-order valence-electron chi connectivity index (χ4n) is 3.54. The molecule has 0 unspecified atom stereocenters. The summed E-state index contributed by atoms with van der Waals surface area (Å²) < 4.78 is 20.9. The van der Waals surface area contributed by atoms with Crippen molar-refractivity contribution in [1.82, 2.24) is 0 Å². The van der Waals surface area contributed by atoms with E-state index in [4.69, 9.17) is 18.9 Å². The molecule has 154 valence electrons. The van der Waals surface area contributed by atoms with Crippen molar-refractivity contribution >= 4 is 26.0 Å². The lowest BCUT2D eigenvalue weighted by Gasteiger charge is -2.36. The molecule has 8 heteroatoms. The van der Waals surface area contributed by atoms with Crippen molar-refractivity contribution in [2.75, 3.05) is 20.3 Å². The summed E-state index contributed by atoms with van der Waals surface area (Å²) in [4.78, 5) is 38.0. The Morgan fingerprint density at radius 3 is 2.11 bits per heavy atom. The van der Waals surface area contributed by atoms with Gasteiger partial charge in [-0.15, -0.1) is 6.58 Å². The van der Waals surface area contributed by atoms with Gasteiger partial charge in [-0.05, 0) is 26.3 Å². The van der Waals surface area contributed by atoms with E-state index < -0.39 is 43.6 Å². The molecule has 0 bridgehead atoms. The van der Waals surface area contributed by atoms with Crippen LogP contribution in [0.3, 0.4) is 0 Å². The number of cyclic esters (lactones) is 1. The van der Waals surface area contributed by atoms with Gasteiger partial charge in [0.2, 0.25) is 6.29 Å². The molecule has 1 rings (SSSR count). The minimum atomic E-state index is -1.73. The van der Waals surface area contributed by atoms with Gasteiger partial charge < -0.3 is 18.9 Å². The average Bonchev–Trinajstić information content (AvgIpc) is 2.92. The summed E-state index contributed by atoms with van der Waals surface area (Å²) in [6.45, 7) is 14.1. The minimum Gasteiger partial charge on any atom is -0.465 e. The van der Waals surface area contributed by atoms with E-state index in [0.29, 0.717) is 0 Å². The smallest absolute Gasteiger partial charge is 0.324 e. The van der Waals surface area contributed by atoms with Crippen molar-refractivity contribution in [3.63, 3.8) is 0 Å². The van der Waals surface area contributed by atoms with Crippen LogP contribution in [0.1, 0.15) is 26.7 Å². The number of hydrogen-bond acceptors (Lipinski definition) is 7. The Hall–Kier alpha value is -1.67. The summed E-state index contributed by atoms with van der Waals surface area (Å²) >= 11 is 0. The molecule has 0 amide bonds. The molecule has 1 aliphatic rings. The lowest BCUT2D eigenvalue weighted by molar-refractivity contribution is -0.192.